The molecule has 0 fully saturated rings. The van der Waals surface area contributed by atoms with Crippen molar-refractivity contribution < 1.29 is 78.5 Å². The van der Waals surface area contributed by atoms with Gasteiger partial charge in [0.25, 0.3) is 6.10 Å². The maximum atomic E-state index is 13.0. The molecule has 0 aliphatic carbocycles. The fourth-order valence-electron chi connectivity index (χ4n) is 1.000. The Morgan fingerprint density at radius 2 is 0.885 bits per heavy atom. The summed E-state index contributed by atoms with van der Waals surface area (Å²) in [6.07, 6.45) is -27.1. The minimum atomic E-state index is -8.33. The Labute approximate surface area is 131 Å². The third kappa shape index (κ3) is 4.06. The van der Waals surface area contributed by atoms with Gasteiger partial charge < -0.3 is 0 Å². The first kappa shape index (κ1) is 24.9. The lowest BCUT2D eigenvalue weighted by molar-refractivity contribution is -0.383. The van der Waals surface area contributed by atoms with E-state index in [9.17, 15) is 74.3 Å². The van der Waals surface area contributed by atoms with Gasteiger partial charge in [0.1, 0.15) is 0 Å². The smallest absolute Gasteiger partial charge is 0.242 e. The summed E-state index contributed by atoms with van der Waals surface area (Å²) in [6.45, 7) is 0. The van der Waals surface area contributed by atoms with Gasteiger partial charge in [0.05, 0.1) is 0 Å². The molecule has 19 heteroatoms. The van der Waals surface area contributed by atoms with Crippen molar-refractivity contribution in [2.24, 2.45) is 0 Å². The molecule has 158 valence electrons. The normalized spacial score (nSPS) is 16.3. The Balaban J connectivity index is 6.28. The molecule has 0 N–H and O–H groups in total. The number of rotatable bonds is 5. The van der Waals surface area contributed by atoms with Crippen LogP contribution in [0.1, 0.15) is 0 Å². The molecular formula is C7HF15O3S. The zero-order chi connectivity index (χ0) is 21.8. The van der Waals surface area contributed by atoms with Gasteiger partial charge in [-0.05, 0) is 0 Å². The zero-order valence-electron chi connectivity index (χ0n) is 10.9. The van der Waals surface area contributed by atoms with Crippen molar-refractivity contribution in [1.82, 2.24) is 0 Å². The van der Waals surface area contributed by atoms with Crippen LogP contribution < -0.4 is 0 Å². The van der Waals surface area contributed by atoms with Crippen molar-refractivity contribution in [3.8, 4) is 0 Å². The Morgan fingerprint density at radius 1 is 0.577 bits per heavy atom. The molecule has 0 bridgehead atoms. The van der Waals surface area contributed by atoms with Crippen molar-refractivity contribution >= 4 is 10.1 Å². The molecular weight excluding hydrogens is 449 g/mol. The van der Waals surface area contributed by atoms with Gasteiger partial charge >= 0.3 is 45.7 Å². The molecule has 0 radical (unpaired) electrons. The van der Waals surface area contributed by atoms with Crippen LogP contribution in [0, 0.1) is 0 Å². The predicted octanol–water partition coefficient (Wildman–Crippen LogP) is 4.25. The monoisotopic (exact) mass is 450 g/mol. The van der Waals surface area contributed by atoms with E-state index in [-0.39, 0.29) is 0 Å². The van der Waals surface area contributed by atoms with Crippen LogP contribution in [0.2, 0.25) is 0 Å². The first-order valence-electron chi connectivity index (χ1n) is 5.10. The lowest BCUT2D eigenvalue weighted by Gasteiger charge is -2.33. The molecule has 3 nitrogen and oxygen atoms in total. The van der Waals surface area contributed by atoms with E-state index in [4.69, 9.17) is 0 Å². The fraction of sp³-hybridized carbons (Fsp3) is 1.00. The van der Waals surface area contributed by atoms with Gasteiger partial charge in [-0.25, -0.2) is 4.18 Å². The largest absolute Gasteiger partial charge is 0.460 e. The van der Waals surface area contributed by atoms with Crippen LogP contribution in [0.25, 0.3) is 0 Å². The van der Waals surface area contributed by atoms with Gasteiger partial charge in [0.2, 0.25) is 0 Å². The third-order valence-corrected chi connectivity index (χ3v) is 3.58. The van der Waals surface area contributed by atoms with Crippen LogP contribution in [-0.4, -0.2) is 50.2 Å². The summed E-state index contributed by atoms with van der Waals surface area (Å²) in [7, 11) is -8.33. The molecule has 0 aromatic rings. The highest BCUT2D eigenvalue weighted by Crippen LogP contribution is 2.55. The molecule has 0 rings (SSSR count). The molecule has 0 heterocycles. The molecule has 0 amide bonds. The van der Waals surface area contributed by atoms with Gasteiger partial charge in [-0.15, -0.1) is 0 Å². The predicted molar refractivity (Wildman–Crippen MR) is 46.8 cm³/mol. The first-order valence-corrected chi connectivity index (χ1v) is 6.51. The second-order valence-corrected chi connectivity index (χ2v) is 5.79. The maximum absolute atomic E-state index is 13.0. The van der Waals surface area contributed by atoms with Gasteiger partial charge in [-0.3, -0.25) is 0 Å². The molecule has 0 aromatic carbocycles. The van der Waals surface area contributed by atoms with Crippen LogP contribution in [0.15, 0.2) is 0 Å². The maximum Gasteiger partial charge on any atom is 0.460 e. The molecule has 0 aliphatic heterocycles. The van der Waals surface area contributed by atoms with Crippen LogP contribution in [0.4, 0.5) is 65.9 Å². The van der Waals surface area contributed by atoms with Gasteiger partial charge in [-0.1, -0.05) is 0 Å². The number of hydrogen-bond donors (Lipinski definition) is 0. The molecule has 0 aromatic heterocycles. The minimum absolute atomic E-state index is 1.82. The Hall–Kier alpha value is -1.14. The lowest BCUT2D eigenvalue weighted by Crippen LogP contribution is -2.64. The highest BCUT2D eigenvalue weighted by Gasteiger charge is 2.86. The van der Waals surface area contributed by atoms with Gasteiger partial charge in [0, 0.05) is 0 Å². The van der Waals surface area contributed by atoms with Crippen LogP contribution in [0.5, 0.6) is 0 Å². The van der Waals surface area contributed by atoms with E-state index < -0.39 is 51.9 Å². The highest BCUT2D eigenvalue weighted by atomic mass is 32.2. The lowest BCUT2D eigenvalue weighted by atomic mass is 10.1. The summed E-state index contributed by atoms with van der Waals surface area (Å²) >= 11 is 0. The molecule has 0 saturated carbocycles. The van der Waals surface area contributed by atoms with Crippen molar-refractivity contribution in [2.45, 2.75) is 41.7 Å². The first-order chi connectivity index (χ1) is 10.8. The van der Waals surface area contributed by atoms with E-state index in [1.165, 1.54) is 0 Å². The highest BCUT2D eigenvalue weighted by molar-refractivity contribution is 7.87. The molecule has 0 unspecified atom stereocenters. The summed E-state index contributed by atoms with van der Waals surface area (Å²) in [5, 5.41) is -7.85. The van der Waals surface area contributed by atoms with Crippen LogP contribution in [-0.2, 0) is 14.3 Å². The van der Waals surface area contributed by atoms with E-state index in [1.54, 1.807) is 0 Å². The van der Waals surface area contributed by atoms with E-state index in [1.807, 2.05) is 4.18 Å². The molecule has 0 aliphatic rings. The Morgan fingerprint density at radius 3 is 1.12 bits per heavy atom. The average molecular weight is 450 g/mol. The molecule has 0 spiro atoms. The van der Waals surface area contributed by atoms with E-state index >= 15 is 0 Å². The van der Waals surface area contributed by atoms with E-state index in [2.05, 4.69) is 0 Å². The Kier molecular flexibility index (Phi) is 5.92. The summed E-state index contributed by atoms with van der Waals surface area (Å²) in [4.78, 5) is 0. The zero-order valence-corrected chi connectivity index (χ0v) is 11.7. The SMILES string of the molecule is O=S(=O)(OC(C(F)(F)F)C(F)(F)F)C(F)(F)C(F)(F)C(F)(F)C(F)(F)F. The number of hydrogen-bond acceptors (Lipinski definition) is 3. The van der Waals surface area contributed by atoms with E-state index in [0.29, 0.717) is 0 Å². The topological polar surface area (TPSA) is 43.4 Å². The fourth-order valence-corrected chi connectivity index (χ4v) is 2.03. The number of alkyl halides is 15. The molecule has 0 atom stereocenters. The molecule has 0 saturated heterocycles. The number of halogens is 15. The Bertz CT molecular complexity index is 595. The van der Waals surface area contributed by atoms with Crippen molar-refractivity contribution in [3.63, 3.8) is 0 Å². The standard InChI is InChI=1S/C7HF15O3S/c8-2(9,10)1(3(11,12)13)25-26(23,24)7(21,22)5(16,17)4(14,15)6(18,19)20/h1H. The van der Waals surface area contributed by atoms with Crippen molar-refractivity contribution in [3.05, 3.63) is 0 Å². The van der Waals surface area contributed by atoms with Crippen LogP contribution in [0.3, 0.4) is 0 Å². The van der Waals surface area contributed by atoms with E-state index in [0.717, 1.165) is 0 Å². The minimum Gasteiger partial charge on any atom is -0.242 e. The third-order valence-electron chi connectivity index (χ3n) is 2.25. The average Bonchev–Trinajstić information content (AvgIpc) is 2.31. The van der Waals surface area contributed by atoms with Crippen molar-refractivity contribution in [2.75, 3.05) is 0 Å². The quantitative estimate of drug-likeness (QED) is 0.465. The van der Waals surface area contributed by atoms with Crippen LogP contribution >= 0.6 is 0 Å². The summed E-state index contributed by atoms with van der Waals surface area (Å²) in [5.74, 6) is -15.9. The second kappa shape index (κ2) is 6.20. The summed E-state index contributed by atoms with van der Waals surface area (Å²) in [6, 6.07) is 0. The summed E-state index contributed by atoms with van der Waals surface area (Å²) < 4.78 is 206. The molecule has 26 heavy (non-hydrogen) atoms. The van der Waals surface area contributed by atoms with Gasteiger partial charge in [0.15, 0.2) is 0 Å². The summed E-state index contributed by atoms with van der Waals surface area (Å²) in [5.41, 5.74) is 0. The second-order valence-electron chi connectivity index (χ2n) is 4.18. The van der Waals surface area contributed by atoms with Crippen molar-refractivity contribution in [1.29, 1.82) is 0 Å². The van der Waals surface area contributed by atoms with Gasteiger partial charge in [-0.2, -0.15) is 74.3 Å².